The first kappa shape index (κ1) is 13.9. The fourth-order valence-electron chi connectivity index (χ4n) is 3.12. The van der Waals surface area contributed by atoms with Crippen LogP contribution in [-0.2, 0) is 0 Å². The molecule has 3 aromatic rings. The molecule has 3 nitrogen and oxygen atoms in total. The summed E-state index contributed by atoms with van der Waals surface area (Å²) in [4.78, 5) is 12.6. The molecule has 0 spiro atoms. The molecule has 0 amide bonds. The second-order valence-corrected chi connectivity index (χ2v) is 5.98. The Balaban J connectivity index is 1.71. The van der Waals surface area contributed by atoms with E-state index in [2.05, 4.69) is 17.2 Å². The van der Waals surface area contributed by atoms with Gasteiger partial charge in [0.25, 0.3) is 0 Å². The summed E-state index contributed by atoms with van der Waals surface area (Å²) >= 11 is 0. The topological polar surface area (TPSA) is 34.4 Å². The molecule has 23 heavy (non-hydrogen) atoms. The second kappa shape index (κ2) is 5.84. The number of pyridine rings is 1. The van der Waals surface area contributed by atoms with E-state index < -0.39 is 0 Å². The Bertz CT molecular complexity index is 890. The van der Waals surface area contributed by atoms with Crippen molar-refractivity contribution in [1.82, 2.24) is 9.61 Å². The Morgan fingerprint density at radius 1 is 1.00 bits per heavy atom. The van der Waals surface area contributed by atoms with Crippen molar-refractivity contribution in [3.63, 3.8) is 0 Å². The van der Waals surface area contributed by atoms with Gasteiger partial charge in [-0.1, -0.05) is 36.4 Å². The smallest absolute Gasteiger partial charge is 0.193 e. The van der Waals surface area contributed by atoms with Crippen LogP contribution in [0.5, 0.6) is 0 Å². The number of allylic oxidation sites excluding steroid dienone is 2. The lowest BCUT2D eigenvalue weighted by molar-refractivity contribution is 0.103. The Morgan fingerprint density at radius 3 is 2.65 bits per heavy atom. The van der Waals surface area contributed by atoms with Crippen LogP contribution in [-0.4, -0.2) is 15.4 Å². The molecule has 1 aliphatic carbocycles. The molecule has 4 rings (SSSR count). The summed E-state index contributed by atoms with van der Waals surface area (Å²) < 4.78 is 1.85. The molecule has 114 valence electrons. The van der Waals surface area contributed by atoms with E-state index in [0.717, 1.165) is 24.1 Å². The Hall–Kier alpha value is -2.68. The quantitative estimate of drug-likeness (QED) is 0.666. The van der Waals surface area contributed by atoms with Gasteiger partial charge in [-0.15, -0.1) is 0 Å². The van der Waals surface area contributed by atoms with E-state index in [-0.39, 0.29) is 5.78 Å². The van der Waals surface area contributed by atoms with Crippen molar-refractivity contribution in [3.05, 3.63) is 77.6 Å². The minimum Gasteiger partial charge on any atom is -0.289 e. The maximum absolute atomic E-state index is 12.6. The number of benzene rings is 1. The normalized spacial score (nSPS) is 14.7. The van der Waals surface area contributed by atoms with Gasteiger partial charge in [0.2, 0.25) is 0 Å². The molecule has 0 bridgehead atoms. The third kappa shape index (κ3) is 2.70. The lowest BCUT2D eigenvalue weighted by Crippen LogP contribution is -2.01. The molecule has 0 saturated heterocycles. The van der Waals surface area contributed by atoms with E-state index in [0.29, 0.717) is 11.1 Å². The molecule has 2 aromatic heterocycles. The fraction of sp³-hybridized carbons (Fsp3) is 0.200. The van der Waals surface area contributed by atoms with Gasteiger partial charge in [-0.2, -0.15) is 5.10 Å². The molecule has 0 radical (unpaired) electrons. The van der Waals surface area contributed by atoms with E-state index in [1.165, 1.54) is 18.4 Å². The molecule has 0 unspecified atom stereocenters. The number of nitrogens with zero attached hydrogens (tertiary/aromatic N) is 2. The van der Waals surface area contributed by atoms with Crippen LogP contribution < -0.4 is 0 Å². The van der Waals surface area contributed by atoms with Gasteiger partial charge >= 0.3 is 0 Å². The summed E-state index contributed by atoms with van der Waals surface area (Å²) in [6, 6.07) is 15.2. The molecule has 0 aliphatic heterocycles. The minimum atomic E-state index is 0.0488. The predicted molar refractivity (Wildman–Crippen MR) is 91.5 cm³/mol. The van der Waals surface area contributed by atoms with Gasteiger partial charge in [0.1, 0.15) is 0 Å². The van der Waals surface area contributed by atoms with Gasteiger partial charge in [-0.25, -0.2) is 4.52 Å². The van der Waals surface area contributed by atoms with Crippen molar-refractivity contribution in [2.75, 3.05) is 0 Å². The monoisotopic (exact) mass is 302 g/mol. The Morgan fingerprint density at radius 2 is 1.87 bits per heavy atom. The molecule has 0 fully saturated rings. The molecular formula is C20H18N2O. The number of rotatable bonds is 3. The van der Waals surface area contributed by atoms with Crippen LogP contribution in [0.15, 0.2) is 60.8 Å². The lowest BCUT2D eigenvalue weighted by Gasteiger charge is -2.09. The molecule has 3 heteroatoms. The summed E-state index contributed by atoms with van der Waals surface area (Å²) in [5.41, 5.74) is 4.75. The van der Waals surface area contributed by atoms with Crippen molar-refractivity contribution in [3.8, 4) is 0 Å². The van der Waals surface area contributed by atoms with Gasteiger partial charge in [-0.3, -0.25) is 4.79 Å². The zero-order chi connectivity index (χ0) is 15.6. The zero-order valence-corrected chi connectivity index (χ0v) is 12.9. The molecular weight excluding hydrogens is 284 g/mol. The van der Waals surface area contributed by atoms with E-state index in [4.69, 9.17) is 0 Å². The summed E-state index contributed by atoms with van der Waals surface area (Å²) in [7, 11) is 0. The van der Waals surface area contributed by atoms with Gasteiger partial charge in [-0.05, 0) is 49.5 Å². The highest BCUT2D eigenvalue weighted by Crippen LogP contribution is 2.26. The number of hydrogen-bond acceptors (Lipinski definition) is 2. The third-order valence-corrected chi connectivity index (χ3v) is 4.38. The summed E-state index contributed by atoms with van der Waals surface area (Å²) in [5.74, 6) is 0.0488. The summed E-state index contributed by atoms with van der Waals surface area (Å²) in [5, 5.41) is 4.65. The summed E-state index contributed by atoms with van der Waals surface area (Å²) in [6.07, 6.45) is 8.91. The highest BCUT2D eigenvalue weighted by molar-refractivity contribution is 6.09. The van der Waals surface area contributed by atoms with Gasteiger partial charge in [0.05, 0.1) is 11.2 Å². The van der Waals surface area contributed by atoms with E-state index in [9.17, 15) is 4.79 Å². The van der Waals surface area contributed by atoms with Crippen LogP contribution in [0.1, 0.15) is 47.3 Å². The van der Waals surface area contributed by atoms with Crippen LogP contribution in [0.4, 0.5) is 0 Å². The second-order valence-electron chi connectivity index (χ2n) is 5.98. The largest absolute Gasteiger partial charge is 0.289 e. The first-order valence-corrected chi connectivity index (χ1v) is 8.10. The van der Waals surface area contributed by atoms with Crippen molar-refractivity contribution in [1.29, 1.82) is 0 Å². The average molecular weight is 302 g/mol. The number of carbonyl (C=O) groups excluding carboxylic acids is 1. The SMILES string of the molecule is O=C(c1ccccc1)c1ccn2nc(C3=CCCCC3)cc2c1. The summed E-state index contributed by atoms with van der Waals surface area (Å²) in [6.45, 7) is 0. The van der Waals surface area contributed by atoms with Crippen LogP contribution in [0.2, 0.25) is 0 Å². The van der Waals surface area contributed by atoms with Crippen molar-refractivity contribution >= 4 is 16.9 Å². The molecule has 0 N–H and O–H groups in total. The minimum absolute atomic E-state index is 0.0488. The molecule has 2 heterocycles. The first-order valence-electron chi connectivity index (χ1n) is 8.10. The van der Waals surface area contributed by atoms with Crippen LogP contribution in [0.25, 0.3) is 11.1 Å². The number of fused-ring (bicyclic) bond motifs is 1. The lowest BCUT2D eigenvalue weighted by atomic mass is 9.97. The number of aromatic nitrogens is 2. The van der Waals surface area contributed by atoms with Crippen molar-refractivity contribution in [2.45, 2.75) is 25.7 Å². The maximum Gasteiger partial charge on any atom is 0.193 e. The van der Waals surface area contributed by atoms with Crippen LogP contribution in [0.3, 0.4) is 0 Å². The molecule has 0 saturated carbocycles. The third-order valence-electron chi connectivity index (χ3n) is 4.38. The first-order chi connectivity index (χ1) is 11.3. The highest BCUT2D eigenvalue weighted by atomic mass is 16.1. The van der Waals surface area contributed by atoms with Crippen molar-refractivity contribution < 1.29 is 4.79 Å². The van der Waals surface area contributed by atoms with E-state index in [1.807, 2.05) is 53.2 Å². The predicted octanol–water partition coefficient (Wildman–Crippen LogP) is 4.52. The molecule has 0 atom stereocenters. The fourth-order valence-corrected chi connectivity index (χ4v) is 3.12. The Kier molecular flexibility index (Phi) is 3.54. The average Bonchev–Trinajstić information content (AvgIpc) is 3.06. The van der Waals surface area contributed by atoms with E-state index >= 15 is 0 Å². The number of ketones is 1. The zero-order valence-electron chi connectivity index (χ0n) is 12.9. The standard InChI is InChI=1S/C20H18N2O/c23-20(16-9-5-2-6-10-16)17-11-12-22-18(13-17)14-19(21-22)15-7-3-1-4-8-15/h2,5-7,9-14H,1,3-4,8H2. The van der Waals surface area contributed by atoms with Crippen LogP contribution >= 0.6 is 0 Å². The van der Waals surface area contributed by atoms with Crippen LogP contribution in [0, 0.1) is 0 Å². The molecule has 1 aliphatic rings. The Labute approximate surface area is 135 Å². The number of carbonyl (C=O) groups is 1. The van der Waals surface area contributed by atoms with Gasteiger partial charge in [0.15, 0.2) is 5.78 Å². The van der Waals surface area contributed by atoms with Crippen molar-refractivity contribution in [2.24, 2.45) is 0 Å². The maximum atomic E-state index is 12.6. The van der Waals surface area contributed by atoms with E-state index in [1.54, 1.807) is 0 Å². The highest BCUT2D eigenvalue weighted by Gasteiger charge is 2.13. The van der Waals surface area contributed by atoms with Gasteiger partial charge < -0.3 is 0 Å². The molecule has 1 aromatic carbocycles. The van der Waals surface area contributed by atoms with Gasteiger partial charge in [0, 0.05) is 17.3 Å². The number of hydrogen-bond donors (Lipinski definition) is 0.